The van der Waals surface area contributed by atoms with Crippen molar-refractivity contribution in [3.63, 3.8) is 0 Å². The van der Waals surface area contributed by atoms with Gasteiger partial charge in [-0.25, -0.2) is 0 Å². The van der Waals surface area contributed by atoms with E-state index in [9.17, 15) is 14.7 Å². The summed E-state index contributed by atoms with van der Waals surface area (Å²) in [6, 6.07) is 9.03. The van der Waals surface area contributed by atoms with Crippen LogP contribution in [0, 0.1) is 0 Å². The predicted molar refractivity (Wildman–Crippen MR) is 104 cm³/mol. The van der Waals surface area contributed by atoms with Crippen LogP contribution in [0.3, 0.4) is 0 Å². The van der Waals surface area contributed by atoms with Gasteiger partial charge in [-0.15, -0.1) is 0 Å². The van der Waals surface area contributed by atoms with Gasteiger partial charge < -0.3 is 34.2 Å². The number of carboxylic acid groups (broad SMARTS) is 1. The van der Waals surface area contributed by atoms with Gasteiger partial charge >= 0.3 is 0 Å². The van der Waals surface area contributed by atoms with Crippen molar-refractivity contribution in [3.05, 3.63) is 47.5 Å². The van der Waals surface area contributed by atoms with E-state index in [1.54, 1.807) is 24.3 Å². The minimum atomic E-state index is -1.28. The van der Waals surface area contributed by atoms with Crippen molar-refractivity contribution in [2.24, 2.45) is 0 Å². The molecule has 8 heteroatoms. The lowest BCUT2D eigenvalue weighted by atomic mass is 10.0. The fraction of sp³-hybridized carbons (Fsp3) is 0.333. The number of rotatable bonds is 10. The van der Waals surface area contributed by atoms with Crippen LogP contribution in [-0.4, -0.2) is 39.8 Å². The number of ether oxygens (including phenoxy) is 4. The number of nitrogens with one attached hydrogen (secondary N) is 1. The van der Waals surface area contributed by atoms with Gasteiger partial charge in [0, 0.05) is 18.0 Å². The molecule has 0 aliphatic carbocycles. The molecule has 2 rings (SSSR count). The van der Waals surface area contributed by atoms with Crippen LogP contribution >= 0.6 is 0 Å². The van der Waals surface area contributed by atoms with E-state index < -0.39 is 17.9 Å². The number of carboxylic acids is 1. The van der Waals surface area contributed by atoms with Gasteiger partial charge in [-0.1, -0.05) is 12.1 Å². The van der Waals surface area contributed by atoms with Gasteiger partial charge in [0.25, 0.3) is 5.91 Å². The quantitative estimate of drug-likeness (QED) is 0.645. The Labute approximate surface area is 169 Å². The van der Waals surface area contributed by atoms with Gasteiger partial charge in [0.1, 0.15) is 5.75 Å². The third kappa shape index (κ3) is 5.54. The molecule has 0 aliphatic rings. The lowest BCUT2D eigenvalue weighted by molar-refractivity contribution is -0.306. The number of carbonyl (C=O) groups is 2. The van der Waals surface area contributed by atoms with Gasteiger partial charge in [-0.3, -0.25) is 4.79 Å². The topological polar surface area (TPSA) is 106 Å². The van der Waals surface area contributed by atoms with E-state index in [2.05, 4.69) is 5.32 Å². The monoisotopic (exact) mass is 402 g/mol. The molecule has 0 saturated carbocycles. The molecule has 0 radical (unpaired) electrons. The van der Waals surface area contributed by atoms with Crippen molar-refractivity contribution in [2.45, 2.75) is 19.4 Å². The first-order valence-corrected chi connectivity index (χ1v) is 8.96. The van der Waals surface area contributed by atoms with E-state index in [1.807, 2.05) is 6.92 Å². The number of hydrogen-bond acceptors (Lipinski definition) is 7. The van der Waals surface area contributed by atoms with Crippen LogP contribution < -0.4 is 29.4 Å². The van der Waals surface area contributed by atoms with Crippen molar-refractivity contribution in [2.75, 3.05) is 27.9 Å². The van der Waals surface area contributed by atoms with Crippen molar-refractivity contribution in [1.29, 1.82) is 0 Å². The van der Waals surface area contributed by atoms with Gasteiger partial charge in [0.05, 0.1) is 34.0 Å². The molecule has 156 valence electrons. The van der Waals surface area contributed by atoms with Gasteiger partial charge in [0.2, 0.25) is 5.75 Å². The van der Waals surface area contributed by atoms with Crippen LogP contribution in [0.5, 0.6) is 23.0 Å². The summed E-state index contributed by atoms with van der Waals surface area (Å²) in [5.74, 6) is -0.147. The van der Waals surface area contributed by atoms with Crippen LogP contribution in [0.2, 0.25) is 0 Å². The smallest absolute Gasteiger partial charge is 0.252 e. The van der Waals surface area contributed by atoms with E-state index in [0.29, 0.717) is 35.2 Å². The first-order valence-electron chi connectivity index (χ1n) is 8.96. The Morgan fingerprint density at radius 3 is 2.03 bits per heavy atom. The maximum absolute atomic E-state index is 12.8. The Morgan fingerprint density at radius 2 is 1.59 bits per heavy atom. The average Bonchev–Trinajstić information content (AvgIpc) is 2.72. The highest BCUT2D eigenvalue weighted by Crippen LogP contribution is 2.38. The first kappa shape index (κ1) is 21.9. The van der Waals surface area contributed by atoms with Gasteiger partial charge in [-0.2, -0.15) is 0 Å². The highest BCUT2D eigenvalue weighted by molar-refractivity contribution is 5.96. The Balaban J connectivity index is 2.31. The first-order chi connectivity index (χ1) is 13.9. The minimum Gasteiger partial charge on any atom is -0.550 e. The zero-order valence-electron chi connectivity index (χ0n) is 16.8. The number of amides is 1. The standard InChI is InChI=1S/C21H25NO7/c1-5-29-15-8-6-13(7-9-15)16(12-19(23)24)22-21(25)14-10-17(26-2)20(28-4)18(11-14)27-3/h6-11,16H,5,12H2,1-4H3,(H,22,25)(H,23,24)/p-1/t16-/m1/s1. The molecule has 29 heavy (non-hydrogen) atoms. The molecule has 1 amide bonds. The number of methoxy groups -OCH3 is 3. The maximum Gasteiger partial charge on any atom is 0.252 e. The summed E-state index contributed by atoms with van der Waals surface area (Å²) in [6.07, 6.45) is -0.385. The molecule has 2 aromatic rings. The van der Waals surface area contributed by atoms with E-state index in [-0.39, 0.29) is 12.0 Å². The summed E-state index contributed by atoms with van der Waals surface area (Å²) in [7, 11) is 4.34. The Morgan fingerprint density at radius 1 is 1.00 bits per heavy atom. The molecule has 1 N–H and O–H groups in total. The maximum atomic E-state index is 12.8. The minimum absolute atomic E-state index is 0.230. The number of carbonyl (C=O) groups excluding carboxylic acids is 2. The van der Waals surface area contributed by atoms with E-state index >= 15 is 0 Å². The van der Waals surface area contributed by atoms with E-state index in [0.717, 1.165) is 0 Å². The molecule has 0 aliphatic heterocycles. The Bertz CT molecular complexity index is 824. The highest BCUT2D eigenvalue weighted by atomic mass is 16.5. The molecule has 8 nitrogen and oxygen atoms in total. The van der Waals surface area contributed by atoms with Crippen LogP contribution in [0.1, 0.15) is 35.3 Å². The fourth-order valence-corrected chi connectivity index (χ4v) is 2.84. The summed E-state index contributed by atoms with van der Waals surface area (Å²) in [4.78, 5) is 24.0. The second kappa shape index (κ2) is 10.2. The van der Waals surface area contributed by atoms with Crippen LogP contribution in [0.25, 0.3) is 0 Å². The number of aliphatic carboxylic acids is 1. The number of benzene rings is 2. The summed E-state index contributed by atoms with van der Waals surface area (Å²) in [6.45, 7) is 2.38. The Kier molecular flexibility index (Phi) is 7.70. The third-order valence-electron chi connectivity index (χ3n) is 4.20. The van der Waals surface area contributed by atoms with E-state index in [1.165, 1.54) is 33.5 Å². The average molecular weight is 402 g/mol. The molecule has 2 aromatic carbocycles. The molecule has 1 atom stereocenters. The molecule has 0 heterocycles. The molecular weight excluding hydrogens is 378 g/mol. The second-order valence-corrected chi connectivity index (χ2v) is 6.02. The number of hydrogen-bond donors (Lipinski definition) is 1. The second-order valence-electron chi connectivity index (χ2n) is 6.02. The normalized spacial score (nSPS) is 11.3. The van der Waals surface area contributed by atoms with Crippen molar-refractivity contribution in [3.8, 4) is 23.0 Å². The summed E-state index contributed by atoms with van der Waals surface area (Å²) < 4.78 is 21.2. The van der Waals surface area contributed by atoms with Gasteiger partial charge in [0.15, 0.2) is 11.5 Å². The zero-order chi connectivity index (χ0) is 21.4. The molecule has 0 fully saturated rings. The molecule has 0 spiro atoms. The lowest BCUT2D eigenvalue weighted by Crippen LogP contribution is -2.34. The molecule has 0 saturated heterocycles. The fourth-order valence-electron chi connectivity index (χ4n) is 2.84. The molecular formula is C21H24NO7-. The van der Waals surface area contributed by atoms with E-state index in [4.69, 9.17) is 18.9 Å². The van der Waals surface area contributed by atoms with Crippen molar-refractivity contribution >= 4 is 11.9 Å². The van der Waals surface area contributed by atoms with Crippen LogP contribution in [0.15, 0.2) is 36.4 Å². The summed E-state index contributed by atoms with van der Waals surface area (Å²) in [5.41, 5.74) is 0.840. The molecule has 0 aromatic heterocycles. The summed E-state index contributed by atoms with van der Waals surface area (Å²) >= 11 is 0. The van der Waals surface area contributed by atoms with Crippen molar-refractivity contribution in [1.82, 2.24) is 5.32 Å². The molecule has 0 bridgehead atoms. The lowest BCUT2D eigenvalue weighted by Gasteiger charge is -2.21. The highest BCUT2D eigenvalue weighted by Gasteiger charge is 2.20. The predicted octanol–water partition coefficient (Wildman–Crippen LogP) is 1.72. The van der Waals surface area contributed by atoms with Crippen molar-refractivity contribution < 1.29 is 33.6 Å². The van der Waals surface area contributed by atoms with Gasteiger partial charge in [-0.05, 0) is 36.8 Å². The third-order valence-corrected chi connectivity index (χ3v) is 4.20. The molecule has 0 unspecified atom stereocenters. The SMILES string of the molecule is CCOc1ccc([C@@H](CC(=O)[O-])NC(=O)c2cc(OC)c(OC)c(OC)c2)cc1. The Hall–Kier alpha value is -3.42. The largest absolute Gasteiger partial charge is 0.550 e. The van der Waals surface area contributed by atoms with Crippen LogP contribution in [-0.2, 0) is 4.79 Å². The zero-order valence-corrected chi connectivity index (χ0v) is 16.8. The summed E-state index contributed by atoms with van der Waals surface area (Å²) in [5, 5.41) is 13.9. The van der Waals surface area contributed by atoms with Crippen LogP contribution in [0.4, 0.5) is 0 Å².